The van der Waals surface area contributed by atoms with Gasteiger partial charge < -0.3 is 19.3 Å². The number of carbonyl (C=O) groups excluding carboxylic acids is 2. The summed E-state index contributed by atoms with van der Waals surface area (Å²) in [5.41, 5.74) is 0. The van der Waals surface area contributed by atoms with Crippen LogP contribution < -0.4 is 0 Å². The quantitative estimate of drug-likeness (QED) is 0.554. The predicted molar refractivity (Wildman–Crippen MR) is 52.7 cm³/mol. The molecular weight excluding hydrogens is 240 g/mol. The molecule has 0 aromatic heterocycles. The van der Waals surface area contributed by atoms with Crippen molar-refractivity contribution in [3.05, 3.63) is 0 Å². The second-order valence-electron chi connectivity index (χ2n) is 3.39. The Kier molecular flexibility index (Phi) is 4.52. The number of halogens is 1. The summed E-state index contributed by atoms with van der Waals surface area (Å²) in [4.78, 5) is 21.3. The number of hydrogen-bond donors (Lipinski definition) is 1. The first-order chi connectivity index (χ1) is 7.41. The molecule has 7 heteroatoms. The molecule has 0 radical (unpaired) electrons. The van der Waals surface area contributed by atoms with E-state index in [0.717, 1.165) is 0 Å². The fourth-order valence-electron chi connectivity index (χ4n) is 1.35. The van der Waals surface area contributed by atoms with Gasteiger partial charge in [-0.05, 0) is 0 Å². The van der Waals surface area contributed by atoms with Crippen LogP contribution in [0.4, 0.5) is 0 Å². The first-order valence-corrected chi connectivity index (χ1v) is 5.13. The molecule has 0 saturated carbocycles. The van der Waals surface area contributed by atoms with Crippen LogP contribution in [-0.4, -0.2) is 47.5 Å². The van der Waals surface area contributed by atoms with E-state index in [9.17, 15) is 14.7 Å². The van der Waals surface area contributed by atoms with Gasteiger partial charge in [-0.2, -0.15) is 0 Å². The number of aliphatic hydroxyl groups is 1. The van der Waals surface area contributed by atoms with Gasteiger partial charge in [0.05, 0.1) is 0 Å². The van der Waals surface area contributed by atoms with Gasteiger partial charge in [-0.15, -0.1) is 11.6 Å². The highest BCUT2D eigenvalue weighted by Crippen LogP contribution is 2.27. The Morgan fingerprint density at radius 1 is 1.38 bits per heavy atom. The Morgan fingerprint density at radius 2 is 2.00 bits per heavy atom. The van der Waals surface area contributed by atoms with E-state index in [4.69, 9.17) is 25.8 Å². The van der Waals surface area contributed by atoms with Crippen molar-refractivity contribution in [2.45, 2.75) is 37.7 Å². The summed E-state index contributed by atoms with van der Waals surface area (Å²) in [5.74, 6) is -1.04. The molecule has 1 saturated heterocycles. The number of hydrogen-bond acceptors (Lipinski definition) is 6. The van der Waals surface area contributed by atoms with Crippen LogP contribution in [0.3, 0.4) is 0 Å². The standard InChI is InChI=1S/C9H13ClO6/c1-4(11)14-3-6-7(10)8(9(13)16-6)15-5(2)12/h6-9,13H,3H2,1-2H3/t6-,7+,8-,9+/m1/s1. The van der Waals surface area contributed by atoms with Gasteiger partial charge in [-0.3, -0.25) is 9.59 Å². The van der Waals surface area contributed by atoms with Crippen LogP contribution in [0.1, 0.15) is 13.8 Å². The molecule has 1 aliphatic rings. The molecular formula is C9H13ClO6. The molecule has 1 rings (SSSR count). The van der Waals surface area contributed by atoms with Crippen LogP contribution in [0.15, 0.2) is 0 Å². The maximum atomic E-state index is 10.7. The van der Waals surface area contributed by atoms with E-state index in [2.05, 4.69) is 0 Å². The summed E-state index contributed by atoms with van der Waals surface area (Å²) in [7, 11) is 0. The largest absolute Gasteiger partial charge is 0.463 e. The van der Waals surface area contributed by atoms with Crippen LogP contribution in [-0.2, 0) is 23.8 Å². The van der Waals surface area contributed by atoms with Crippen molar-refractivity contribution in [1.82, 2.24) is 0 Å². The van der Waals surface area contributed by atoms with Crippen molar-refractivity contribution in [3.63, 3.8) is 0 Å². The molecule has 1 heterocycles. The molecule has 0 aromatic rings. The smallest absolute Gasteiger partial charge is 0.303 e. The third-order valence-electron chi connectivity index (χ3n) is 2.02. The number of esters is 2. The fraction of sp³-hybridized carbons (Fsp3) is 0.778. The monoisotopic (exact) mass is 252 g/mol. The zero-order chi connectivity index (χ0) is 12.3. The Morgan fingerprint density at radius 3 is 2.50 bits per heavy atom. The molecule has 1 aliphatic heterocycles. The third kappa shape index (κ3) is 3.33. The highest BCUT2D eigenvalue weighted by molar-refractivity contribution is 6.21. The van der Waals surface area contributed by atoms with E-state index in [1.165, 1.54) is 13.8 Å². The van der Waals surface area contributed by atoms with Crippen molar-refractivity contribution in [2.24, 2.45) is 0 Å². The van der Waals surface area contributed by atoms with Gasteiger partial charge in [0, 0.05) is 13.8 Å². The van der Waals surface area contributed by atoms with Crippen molar-refractivity contribution in [3.8, 4) is 0 Å². The predicted octanol–water partition coefficient (Wildman–Crippen LogP) is -0.194. The molecule has 0 spiro atoms. The number of alkyl halides is 1. The molecule has 0 unspecified atom stereocenters. The lowest BCUT2D eigenvalue weighted by atomic mass is 10.2. The maximum Gasteiger partial charge on any atom is 0.303 e. The fourth-order valence-corrected chi connectivity index (χ4v) is 1.65. The summed E-state index contributed by atoms with van der Waals surface area (Å²) < 4.78 is 14.5. The Labute approximate surface area is 97.4 Å². The summed E-state index contributed by atoms with van der Waals surface area (Å²) in [5, 5.41) is 8.67. The topological polar surface area (TPSA) is 82.1 Å². The number of ether oxygens (including phenoxy) is 3. The molecule has 0 aromatic carbocycles. The van der Waals surface area contributed by atoms with Gasteiger partial charge in [0.1, 0.15) is 18.1 Å². The zero-order valence-electron chi connectivity index (χ0n) is 8.88. The van der Waals surface area contributed by atoms with E-state index in [0.29, 0.717) is 0 Å². The third-order valence-corrected chi connectivity index (χ3v) is 2.55. The van der Waals surface area contributed by atoms with Gasteiger partial charge in [0.15, 0.2) is 12.4 Å². The molecule has 4 atom stereocenters. The van der Waals surface area contributed by atoms with Crippen molar-refractivity contribution < 1.29 is 28.9 Å². The second-order valence-corrected chi connectivity index (χ2v) is 3.89. The number of aliphatic hydroxyl groups excluding tert-OH is 1. The number of rotatable bonds is 3. The SMILES string of the molecule is CC(=O)OC[C@H]1O[C@H](O)[C@H](OC(C)=O)[C@H]1Cl. The summed E-state index contributed by atoms with van der Waals surface area (Å²) >= 11 is 5.91. The van der Waals surface area contributed by atoms with Gasteiger partial charge in [0.25, 0.3) is 0 Å². The average Bonchev–Trinajstić information content (AvgIpc) is 2.42. The molecule has 92 valence electrons. The van der Waals surface area contributed by atoms with Gasteiger partial charge in [-0.25, -0.2) is 0 Å². The summed E-state index contributed by atoms with van der Waals surface area (Å²) in [6.07, 6.45) is -2.93. The minimum Gasteiger partial charge on any atom is -0.463 e. The van der Waals surface area contributed by atoms with Crippen molar-refractivity contribution in [2.75, 3.05) is 6.61 Å². The second kappa shape index (κ2) is 5.47. The Balaban J connectivity index is 2.52. The molecule has 1 N–H and O–H groups in total. The van der Waals surface area contributed by atoms with E-state index >= 15 is 0 Å². The van der Waals surface area contributed by atoms with Crippen LogP contribution in [0, 0.1) is 0 Å². The molecule has 0 aliphatic carbocycles. The van der Waals surface area contributed by atoms with Crippen molar-refractivity contribution >= 4 is 23.5 Å². The van der Waals surface area contributed by atoms with Gasteiger partial charge in [-0.1, -0.05) is 0 Å². The van der Waals surface area contributed by atoms with E-state index in [1.54, 1.807) is 0 Å². The van der Waals surface area contributed by atoms with Gasteiger partial charge >= 0.3 is 11.9 Å². The minimum atomic E-state index is -1.30. The summed E-state index contributed by atoms with van der Waals surface area (Å²) in [6, 6.07) is 0. The van der Waals surface area contributed by atoms with Crippen LogP contribution in [0.5, 0.6) is 0 Å². The van der Waals surface area contributed by atoms with Crippen molar-refractivity contribution in [1.29, 1.82) is 0 Å². The van der Waals surface area contributed by atoms with E-state index < -0.39 is 35.8 Å². The molecule has 1 fully saturated rings. The number of carbonyl (C=O) groups is 2. The first kappa shape index (κ1) is 13.2. The Bertz CT molecular complexity index is 281. The normalized spacial score (nSPS) is 33.5. The lowest BCUT2D eigenvalue weighted by molar-refractivity contribution is -0.170. The molecule has 0 amide bonds. The Hall–Kier alpha value is -0.850. The van der Waals surface area contributed by atoms with Crippen LogP contribution >= 0.6 is 11.6 Å². The van der Waals surface area contributed by atoms with E-state index in [-0.39, 0.29) is 6.61 Å². The minimum absolute atomic E-state index is 0.0850. The van der Waals surface area contributed by atoms with Gasteiger partial charge in [0.2, 0.25) is 0 Å². The first-order valence-electron chi connectivity index (χ1n) is 4.70. The highest BCUT2D eigenvalue weighted by Gasteiger charge is 2.45. The van der Waals surface area contributed by atoms with Crippen LogP contribution in [0.25, 0.3) is 0 Å². The summed E-state index contributed by atoms with van der Waals surface area (Å²) in [6.45, 7) is 2.37. The zero-order valence-corrected chi connectivity index (χ0v) is 9.64. The molecule has 16 heavy (non-hydrogen) atoms. The molecule has 0 bridgehead atoms. The van der Waals surface area contributed by atoms with E-state index in [1.807, 2.05) is 0 Å². The van der Waals surface area contributed by atoms with Crippen LogP contribution in [0.2, 0.25) is 0 Å². The highest BCUT2D eigenvalue weighted by atomic mass is 35.5. The lowest BCUT2D eigenvalue weighted by Crippen LogP contribution is -2.34. The lowest BCUT2D eigenvalue weighted by Gasteiger charge is -2.16. The maximum absolute atomic E-state index is 10.7. The molecule has 6 nitrogen and oxygen atoms in total. The average molecular weight is 253 g/mol.